The maximum atomic E-state index is 13.3. The van der Waals surface area contributed by atoms with Gasteiger partial charge in [0.25, 0.3) is 0 Å². The van der Waals surface area contributed by atoms with Crippen LogP contribution in [-0.4, -0.2) is 52.5 Å². The van der Waals surface area contributed by atoms with E-state index in [0.29, 0.717) is 29.7 Å². The van der Waals surface area contributed by atoms with E-state index >= 15 is 0 Å². The molecular weight excluding hydrogens is 566 g/mol. The fourth-order valence-corrected chi connectivity index (χ4v) is 5.30. The molecule has 0 amide bonds. The lowest BCUT2D eigenvalue weighted by Crippen LogP contribution is -2.55. The summed E-state index contributed by atoms with van der Waals surface area (Å²) in [6, 6.07) is 11.1. The number of carboxylic acids is 1. The number of benzene rings is 2. The number of rotatable bonds is 14. The van der Waals surface area contributed by atoms with Crippen LogP contribution in [-0.2, 0) is 16.6 Å². The summed E-state index contributed by atoms with van der Waals surface area (Å²) in [6.07, 6.45) is -14.5. The maximum absolute atomic E-state index is 13.3. The van der Waals surface area contributed by atoms with Gasteiger partial charge in [-0.05, 0) is 86.8 Å². The minimum absolute atomic E-state index is 0.00954. The second-order valence-corrected chi connectivity index (χ2v) is 11.1. The maximum Gasteiger partial charge on any atom is 0.405 e. The Labute approximate surface area is 242 Å². The Morgan fingerprint density at radius 2 is 1.38 bits per heavy atom. The van der Waals surface area contributed by atoms with E-state index in [-0.39, 0.29) is 32.8 Å². The molecule has 2 aromatic rings. The molecule has 11 heteroatoms. The third kappa shape index (κ3) is 7.58. The van der Waals surface area contributed by atoms with Gasteiger partial charge in [0.2, 0.25) is 0 Å². The molecule has 0 saturated heterocycles. The van der Waals surface area contributed by atoms with Crippen molar-refractivity contribution >= 4 is 5.97 Å². The molecule has 0 aliphatic rings. The first-order valence-electron chi connectivity index (χ1n) is 13.9. The number of carboxylic acid groups (broad SMARTS) is 1. The van der Waals surface area contributed by atoms with E-state index < -0.39 is 47.8 Å². The summed E-state index contributed by atoms with van der Waals surface area (Å²) in [7, 11) is 0. The normalized spacial score (nSPS) is 14.5. The Kier molecular flexibility index (Phi) is 11.5. The Hall–Kier alpha value is -2.79. The number of aryl methyl sites for hydroxylation is 3. The monoisotopic (exact) mass is 606 g/mol. The molecule has 2 aromatic carbocycles. The molecular formula is C31H40F6O5. The van der Waals surface area contributed by atoms with Crippen LogP contribution in [0.15, 0.2) is 36.4 Å². The number of aliphatic hydroxyl groups is 2. The average Bonchev–Trinajstić information content (AvgIpc) is 2.90. The summed E-state index contributed by atoms with van der Waals surface area (Å²) in [5.74, 6) is -0.458. The van der Waals surface area contributed by atoms with Gasteiger partial charge in [0.05, 0.1) is 12.2 Å². The van der Waals surface area contributed by atoms with Gasteiger partial charge < -0.3 is 20.1 Å². The van der Waals surface area contributed by atoms with Crippen LogP contribution in [0, 0.1) is 19.3 Å². The van der Waals surface area contributed by atoms with Gasteiger partial charge in [0, 0.05) is 11.8 Å². The smallest absolute Gasteiger partial charge is 0.405 e. The van der Waals surface area contributed by atoms with E-state index in [4.69, 9.17) is 9.84 Å². The van der Waals surface area contributed by atoms with Gasteiger partial charge in [-0.25, -0.2) is 0 Å². The van der Waals surface area contributed by atoms with Gasteiger partial charge in [-0.1, -0.05) is 44.2 Å². The lowest BCUT2D eigenvalue weighted by atomic mass is 9.69. The van der Waals surface area contributed by atoms with Gasteiger partial charge in [0.1, 0.15) is 12.4 Å². The minimum atomic E-state index is -5.66. The molecule has 3 N–H and O–H groups in total. The molecule has 0 aliphatic heterocycles. The van der Waals surface area contributed by atoms with Crippen molar-refractivity contribution in [1.82, 2.24) is 0 Å². The zero-order valence-electron chi connectivity index (χ0n) is 24.5. The first-order valence-corrected chi connectivity index (χ1v) is 13.9. The van der Waals surface area contributed by atoms with Crippen LogP contribution in [0.4, 0.5) is 26.3 Å². The molecule has 42 heavy (non-hydrogen) atoms. The fraction of sp³-hybridized carbons (Fsp3) is 0.581. The molecule has 0 fully saturated rings. The standard InChI is InChI=1S/C31H40F6O5/c1-6-29(7-2,23-11-13-25(20(4)17-23)42-18-24(38)12-15-27(40)41)22-10-8-21(19(3)16-22)9-14-26(39)28(5,30(32,33)34)31(35,36)37/h8,10-11,13,16-17,24,26,38-39H,6-7,9,12,14-15,18H2,1-5H3,(H,40,41). The average molecular weight is 607 g/mol. The van der Waals surface area contributed by atoms with E-state index in [0.717, 1.165) is 16.7 Å². The van der Waals surface area contributed by atoms with E-state index in [1.807, 2.05) is 45.0 Å². The third-order valence-electron chi connectivity index (χ3n) is 8.48. The van der Waals surface area contributed by atoms with Crippen LogP contribution < -0.4 is 4.74 Å². The highest BCUT2D eigenvalue weighted by Gasteiger charge is 2.70. The van der Waals surface area contributed by atoms with Gasteiger partial charge >= 0.3 is 18.3 Å². The first-order chi connectivity index (χ1) is 19.3. The van der Waals surface area contributed by atoms with Crippen molar-refractivity contribution in [3.63, 3.8) is 0 Å². The lowest BCUT2D eigenvalue weighted by molar-refractivity contribution is -0.359. The third-order valence-corrected chi connectivity index (χ3v) is 8.48. The summed E-state index contributed by atoms with van der Waals surface area (Å²) in [5.41, 5.74) is -0.718. The van der Waals surface area contributed by atoms with Gasteiger partial charge in [-0.15, -0.1) is 0 Å². The number of aliphatic hydroxyl groups excluding tert-OH is 2. The van der Waals surface area contributed by atoms with Crippen molar-refractivity contribution in [2.24, 2.45) is 5.41 Å². The van der Waals surface area contributed by atoms with Crippen molar-refractivity contribution in [3.8, 4) is 5.75 Å². The van der Waals surface area contributed by atoms with E-state index in [1.165, 1.54) is 0 Å². The highest BCUT2D eigenvalue weighted by Crippen LogP contribution is 2.53. The lowest BCUT2D eigenvalue weighted by Gasteiger charge is -2.38. The Morgan fingerprint density at radius 1 is 0.857 bits per heavy atom. The molecule has 5 nitrogen and oxygen atoms in total. The molecule has 0 saturated carbocycles. The van der Waals surface area contributed by atoms with Crippen molar-refractivity contribution in [2.45, 2.75) is 103 Å². The summed E-state index contributed by atoms with van der Waals surface area (Å²) in [4.78, 5) is 10.7. The van der Waals surface area contributed by atoms with E-state index in [9.17, 15) is 41.4 Å². The molecule has 2 unspecified atom stereocenters. The van der Waals surface area contributed by atoms with Gasteiger partial charge in [-0.3, -0.25) is 4.79 Å². The zero-order valence-corrected chi connectivity index (χ0v) is 24.5. The Bertz CT molecular complexity index is 1190. The van der Waals surface area contributed by atoms with Gasteiger partial charge in [0.15, 0.2) is 5.41 Å². The van der Waals surface area contributed by atoms with Crippen molar-refractivity contribution in [2.75, 3.05) is 6.61 Å². The summed E-state index contributed by atoms with van der Waals surface area (Å²) < 4.78 is 85.8. The number of carbonyl (C=O) groups is 1. The number of ether oxygens (including phenoxy) is 1. The topological polar surface area (TPSA) is 87.0 Å². The van der Waals surface area contributed by atoms with Crippen LogP contribution in [0.3, 0.4) is 0 Å². The van der Waals surface area contributed by atoms with E-state index in [2.05, 4.69) is 0 Å². The first kappa shape index (κ1) is 35.4. The van der Waals surface area contributed by atoms with Crippen LogP contribution >= 0.6 is 0 Å². The summed E-state index contributed by atoms with van der Waals surface area (Å²) in [6.45, 7) is 7.58. The predicted molar refractivity (Wildman–Crippen MR) is 147 cm³/mol. The Balaban J connectivity index is 2.28. The minimum Gasteiger partial charge on any atom is -0.491 e. The SMILES string of the molecule is CCC(CC)(c1ccc(CCC(O)C(C)(C(F)(F)F)C(F)(F)F)c(C)c1)c1ccc(OCC(O)CCC(=O)O)c(C)c1. The number of alkyl halides is 6. The zero-order chi connectivity index (χ0) is 32.1. The summed E-state index contributed by atoms with van der Waals surface area (Å²) >= 11 is 0. The molecule has 236 valence electrons. The molecule has 0 heterocycles. The fourth-order valence-electron chi connectivity index (χ4n) is 5.30. The number of hydrogen-bond donors (Lipinski definition) is 3. The molecule has 2 atom stereocenters. The highest BCUT2D eigenvalue weighted by atomic mass is 19.4. The van der Waals surface area contributed by atoms with Crippen molar-refractivity contribution in [1.29, 1.82) is 0 Å². The van der Waals surface area contributed by atoms with E-state index in [1.54, 1.807) is 19.1 Å². The van der Waals surface area contributed by atoms with Crippen LogP contribution in [0.1, 0.15) is 80.7 Å². The molecule has 0 spiro atoms. The molecule has 0 bridgehead atoms. The highest BCUT2D eigenvalue weighted by molar-refractivity contribution is 5.66. The van der Waals surface area contributed by atoms with Crippen LogP contribution in [0.5, 0.6) is 5.75 Å². The predicted octanol–water partition coefficient (Wildman–Crippen LogP) is 7.44. The molecule has 0 aliphatic carbocycles. The molecule has 0 aromatic heterocycles. The van der Waals surface area contributed by atoms with Gasteiger partial charge in [-0.2, -0.15) is 26.3 Å². The van der Waals surface area contributed by atoms with Crippen molar-refractivity contribution in [3.05, 3.63) is 64.2 Å². The molecule has 0 radical (unpaired) electrons. The number of aliphatic carboxylic acids is 1. The second-order valence-electron chi connectivity index (χ2n) is 11.1. The summed E-state index contributed by atoms with van der Waals surface area (Å²) in [5, 5.41) is 28.8. The Morgan fingerprint density at radius 3 is 1.83 bits per heavy atom. The quantitative estimate of drug-likeness (QED) is 0.195. The largest absolute Gasteiger partial charge is 0.491 e. The van der Waals surface area contributed by atoms with Crippen molar-refractivity contribution < 1.29 is 51.2 Å². The number of hydrogen-bond acceptors (Lipinski definition) is 4. The molecule has 2 rings (SSSR count). The number of halogens is 6. The second kappa shape index (κ2) is 13.7. The van der Waals surface area contributed by atoms with Crippen LogP contribution in [0.2, 0.25) is 0 Å². The van der Waals surface area contributed by atoms with Crippen LogP contribution in [0.25, 0.3) is 0 Å².